The number of carbonyl (C=O) groups excluding carboxylic acids is 1. The molecule has 1 fully saturated rings. The number of para-hydroxylation sites is 1. The van der Waals surface area contributed by atoms with E-state index in [1.807, 2.05) is 0 Å². The van der Waals surface area contributed by atoms with Crippen LogP contribution < -0.4 is 5.32 Å². The summed E-state index contributed by atoms with van der Waals surface area (Å²) >= 11 is 0. The Hall–Kier alpha value is -3.04. The van der Waals surface area contributed by atoms with Gasteiger partial charge in [-0.25, -0.2) is 17.5 Å². The molecule has 0 atom stereocenters. The van der Waals surface area contributed by atoms with Crippen molar-refractivity contribution in [2.24, 2.45) is 0 Å². The quantitative estimate of drug-likeness (QED) is 0.615. The number of hydrogen-bond donors (Lipinski definition) is 1. The number of rotatable bonds is 5. The van der Waals surface area contributed by atoms with Crippen molar-refractivity contribution in [2.75, 3.05) is 18.4 Å². The number of carbonyl (C=O) groups is 1. The van der Waals surface area contributed by atoms with E-state index in [-0.39, 0.29) is 22.1 Å². The minimum Gasteiger partial charge on any atom is -0.319 e. The monoisotopic (exact) mass is 468 g/mol. The standard InChI is InChI=1S/C24H25FN4O3S/c25-17-11-13-18(14-12-17)29-21-9-6-7-19(21)23(27-29)24(30)26-20-8-2-3-10-22(20)33(31,32)28-15-4-1-5-16-28/h2-3,8,10-14H,1,4-7,9,15-16H2,(H,26,30). The number of fused-ring (bicyclic) bond motifs is 1. The molecule has 3 aromatic rings. The molecule has 0 unspecified atom stereocenters. The fraction of sp³-hybridized carbons (Fsp3) is 0.333. The van der Waals surface area contributed by atoms with Crippen molar-refractivity contribution in [1.29, 1.82) is 0 Å². The number of sulfonamides is 1. The second-order valence-corrected chi connectivity index (χ2v) is 10.3. The van der Waals surface area contributed by atoms with E-state index in [4.69, 9.17) is 0 Å². The first-order valence-electron chi connectivity index (χ1n) is 11.2. The molecule has 2 aliphatic rings. The number of hydrogen-bond acceptors (Lipinski definition) is 4. The van der Waals surface area contributed by atoms with Crippen LogP contribution in [0.3, 0.4) is 0 Å². The second-order valence-electron chi connectivity index (χ2n) is 8.43. The van der Waals surface area contributed by atoms with Gasteiger partial charge in [0.1, 0.15) is 10.7 Å². The highest BCUT2D eigenvalue weighted by atomic mass is 32.2. The van der Waals surface area contributed by atoms with Crippen LogP contribution in [0.1, 0.15) is 47.4 Å². The first kappa shape index (κ1) is 21.8. The fourth-order valence-corrected chi connectivity index (χ4v) is 6.30. The van der Waals surface area contributed by atoms with E-state index in [0.29, 0.717) is 25.2 Å². The molecule has 33 heavy (non-hydrogen) atoms. The lowest BCUT2D eigenvalue weighted by molar-refractivity contribution is 0.102. The van der Waals surface area contributed by atoms with Crippen LogP contribution in [0.4, 0.5) is 10.1 Å². The Bertz CT molecular complexity index is 1300. The van der Waals surface area contributed by atoms with Crippen molar-refractivity contribution in [3.8, 4) is 5.69 Å². The van der Waals surface area contributed by atoms with Crippen LogP contribution in [0, 0.1) is 5.82 Å². The third-order valence-corrected chi connectivity index (χ3v) is 8.24. The Kier molecular flexibility index (Phi) is 5.76. The molecule has 172 valence electrons. The molecule has 1 amide bonds. The van der Waals surface area contributed by atoms with Crippen LogP contribution in [0.5, 0.6) is 0 Å². The number of piperidine rings is 1. The summed E-state index contributed by atoms with van der Waals surface area (Å²) in [5, 5.41) is 7.33. The van der Waals surface area contributed by atoms with Crippen molar-refractivity contribution in [3.63, 3.8) is 0 Å². The molecule has 0 bridgehead atoms. The molecule has 1 aromatic heterocycles. The van der Waals surface area contributed by atoms with Gasteiger partial charge in [-0.05, 0) is 68.5 Å². The Morgan fingerprint density at radius 1 is 0.939 bits per heavy atom. The van der Waals surface area contributed by atoms with E-state index in [2.05, 4.69) is 10.4 Å². The molecule has 2 heterocycles. The van der Waals surface area contributed by atoms with Crippen molar-refractivity contribution < 1.29 is 17.6 Å². The maximum atomic E-state index is 13.4. The van der Waals surface area contributed by atoms with Gasteiger partial charge in [-0.2, -0.15) is 9.40 Å². The zero-order valence-corrected chi connectivity index (χ0v) is 18.9. The van der Waals surface area contributed by atoms with Crippen LogP contribution in [0.25, 0.3) is 5.69 Å². The summed E-state index contributed by atoms with van der Waals surface area (Å²) in [7, 11) is -3.72. The van der Waals surface area contributed by atoms with Gasteiger partial charge in [0.25, 0.3) is 5.91 Å². The SMILES string of the molecule is O=C(Nc1ccccc1S(=O)(=O)N1CCCCC1)c1nn(-c2ccc(F)cc2)c2c1CCC2. The van der Waals surface area contributed by atoms with Gasteiger partial charge in [0, 0.05) is 24.3 Å². The molecule has 0 radical (unpaired) electrons. The van der Waals surface area contributed by atoms with E-state index >= 15 is 0 Å². The molecule has 1 aliphatic carbocycles. The Balaban J connectivity index is 1.47. The largest absolute Gasteiger partial charge is 0.319 e. The molecule has 0 saturated carbocycles. The maximum absolute atomic E-state index is 13.4. The van der Waals surface area contributed by atoms with Crippen LogP contribution in [-0.4, -0.2) is 41.5 Å². The summed E-state index contributed by atoms with van der Waals surface area (Å²) in [6, 6.07) is 12.5. The van der Waals surface area contributed by atoms with Gasteiger partial charge < -0.3 is 5.32 Å². The molecule has 7 nitrogen and oxygen atoms in total. The van der Waals surface area contributed by atoms with Crippen molar-refractivity contribution in [2.45, 2.75) is 43.4 Å². The average molecular weight is 469 g/mol. The highest BCUT2D eigenvalue weighted by molar-refractivity contribution is 7.89. The Morgan fingerprint density at radius 3 is 2.42 bits per heavy atom. The maximum Gasteiger partial charge on any atom is 0.276 e. The number of anilines is 1. The first-order chi connectivity index (χ1) is 15.9. The molecule has 5 rings (SSSR count). The number of halogens is 1. The van der Waals surface area contributed by atoms with Gasteiger partial charge in [0.05, 0.1) is 11.4 Å². The van der Waals surface area contributed by atoms with Gasteiger partial charge in [0.15, 0.2) is 5.69 Å². The van der Waals surface area contributed by atoms with E-state index in [1.165, 1.54) is 22.5 Å². The van der Waals surface area contributed by atoms with Crippen LogP contribution in [0.2, 0.25) is 0 Å². The summed E-state index contributed by atoms with van der Waals surface area (Å²) in [5.41, 5.74) is 2.99. The molecule has 9 heteroatoms. The van der Waals surface area contributed by atoms with Gasteiger partial charge >= 0.3 is 0 Å². The van der Waals surface area contributed by atoms with Crippen molar-refractivity contribution in [3.05, 3.63) is 71.3 Å². The van der Waals surface area contributed by atoms with Crippen molar-refractivity contribution in [1.82, 2.24) is 14.1 Å². The van der Waals surface area contributed by atoms with E-state index in [0.717, 1.165) is 43.4 Å². The predicted octanol–water partition coefficient (Wildman–Crippen LogP) is 3.93. The fourth-order valence-electron chi connectivity index (χ4n) is 4.64. The summed E-state index contributed by atoms with van der Waals surface area (Å²) < 4.78 is 43.1. The molecule has 1 aliphatic heterocycles. The molecular formula is C24H25FN4O3S. The van der Waals surface area contributed by atoms with Gasteiger partial charge in [-0.3, -0.25) is 4.79 Å². The normalized spacial score (nSPS) is 16.5. The Morgan fingerprint density at radius 2 is 1.67 bits per heavy atom. The summed E-state index contributed by atoms with van der Waals surface area (Å²) in [4.78, 5) is 13.4. The number of benzene rings is 2. The number of nitrogens with zero attached hydrogens (tertiary/aromatic N) is 3. The third-order valence-electron chi connectivity index (χ3n) is 6.28. The minimum absolute atomic E-state index is 0.0925. The molecule has 0 spiro atoms. The smallest absolute Gasteiger partial charge is 0.276 e. The number of aromatic nitrogens is 2. The lowest BCUT2D eigenvalue weighted by Crippen LogP contribution is -2.36. The zero-order chi connectivity index (χ0) is 23.0. The summed E-state index contributed by atoms with van der Waals surface area (Å²) in [6.07, 6.45) is 5.07. The van der Waals surface area contributed by atoms with Gasteiger partial charge in [0.2, 0.25) is 10.0 Å². The zero-order valence-electron chi connectivity index (χ0n) is 18.1. The van der Waals surface area contributed by atoms with Gasteiger partial charge in [-0.15, -0.1) is 0 Å². The first-order valence-corrected chi connectivity index (χ1v) is 12.7. The minimum atomic E-state index is -3.72. The van der Waals surface area contributed by atoms with Crippen LogP contribution in [0.15, 0.2) is 53.4 Å². The van der Waals surface area contributed by atoms with Crippen LogP contribution in [-0.2, 0) is 22.9 Å². The Labute approximate surface area is 192 Å². The lowest BCUT2D eigenvalue weighted by Gasteiger charge is -2.26. The molecule has 1 N–H and O–H groups in total. The summed E-state index contributed by atoms with van der Waals surface area (Å²) in [5.74, 6) is -0.789. The number of nitrogens with one attached hydrogen (secondary N) is 1. The summed E-state index contributed by atoms with van der Waals surface area (Å²) in [6.45, 7) is 0.973. The van der Waals surface area contributed by atoms with Crippen molar-refractivity contribution >= 4 is 21.6 Å². The highest BCUT2D eigenvalue weighted by Crippen LogP contribution is 2.30. The predicted molar refractivity (Wildman–Crippen MR) is 123 cm³/mol. The van der Waals surface area contributed by atoms with E-state index in [9.17, 15) is 17.6 Å². The molecular weight excluding hydrogens is 443 g/mol. The van der Waals surface area contributed by atoms with Crippen LogP contribution >= 0.6 is 0 Å². The van der Waals surface area contributed by atoms with Gasteiger partial charge in [-0.1, -0.05) is 18.6 Å². The third kappa shape index (κ3) is 4.06. The highest BCUT2D eigenvalue weighted by Gasteiger charge is 2.31. The number of amides is 1. The average Bonchev–Trinajstić information content (AvgIpc) is 3.44. The molecule has 2 aromatic carbocycles. The topological polar surface area (TPSA) is 84.3 Å². The van der Waals surface area contributed by atoms with E-state index < -0.39 is 15.9 Å². The lowest BCUT2D eigenvalue weighted by atomic mass is 10.2. The van der Waals surface area contributed by atoms with E-state index in [1.54, 1.807) is 35.0 Å². The molecule has 1 saturated heterocycles. The second kappa shape index (κ2) is 8.72.